The summed E-state index contributed by atoms with van der Waals surface area (Å²) in [6.45, 7) is 0. The Balaban J connectivity index is 2.31. The molecule has 0 amide bonds. The van der Waals surface area contributed by atoms with E-state index in [0.717, 1.165) is 29.4 Å². The summed E-state index contributed by atoms with van der Waals surface area (Å²) in [6.07, 6.45) is 7.21. The SMILES string of the molecule is CSc1ncc2cc(C3=C(Cl)CCC=C3Cl)c(=N)n(C)c2n1. The van der Waals surface area contributed by atoms with Crippen molar-refractivity contribution in [1.82, 2.24) is 14.5 Å². The van der Waals surface area contributed by atoms with E-state index in [9.17, 15) is 0 Å². The van der Waals surface area contributed by atoms with Crippen LogP contribution in [0.4, 0.5) is 0 Å². The van der Waals surface area contributed by atoms with Crippen LogP contribution in [-0.4, -0.2) is 20.8 Å². The van der Waals surface area contributed by atoms with E-state index in [1.807, 2.05) is 25.4 Å². The summed E-state index contributed by atoms with van der Waals surface area (Å²) < 4.78 is 1.74. The fourth-order valence-corrected chi connectivity index (χ4v) is 3.52. The van der Waals surface area contributed by atoms with Crippen LogP contribution in [0.3, 0.4) is 0 Å². The van der Waals surface area contributed by atoms with Crippen molar-refractivity contribution in [3.63, 3.8) is 0 Å². The fraction of sp³-hybridized carbons (Fsp3) is 0.267. The molecule has 4 nitrogen and oxygen atoms in total. The van der Waals surface area contributed by atoms with E-state index in [1.54, 1.807) is 10.8 Å². The lowest BCUT2D eigenvalue weighted by atomic mass is 9.99. The summed E-state index contributed by atoms with van der Waals surface area (Å²) in [5.74, 6) is 0. The van der Waals surface area contributed by atoms with Crippen LogP contribution in [0.5, 0.6) is 0 Å². The molecule has 1 aliphatic rings. The maximum Gasteiger partial charge on any atom is 0.189 e. The standard InChI is InChI=1S/C15H14Cl2N4S/c1-21-13(18)9(12-10(16)4-3-5-11(12)17)6-8-7-19-15(22-2)20-14(8)21/h4,6-7,18H,3,5H2,1-2H3. The molecule has 0 unspecified atom stereocenters. The zero-order valence-corrected chi connectivity index (χ0v) is 14.5. The number of nitrogens with one attached hydrogen (secondary N) is 1. The number of aromatic nitrogens is 3. The Bertz CT molecular complexity index is 883. The van der Waals surface area contributed by atoms with Crippen LogP contribution in [0.15, 0.2) is 33.6 Å². The van der Waals surface area contributed by atoms with Crippen LogP contribution in [0.2, 0.25) is 0 Å². The minimum absolute atomic E-state index is 0.333. The second-order valence-corrected chi connectivity index (χ2v) is 6.61. The summed E-state index contributed by atoms with van der Waals surface area (Å²) in [4.78, 5) is 8.78. The summed E-state index contributed by atoms with van der Waals surface area (Å²) in [5, 5.41) is 11.3. The molecule has 7 heteroatoms. The molecule has 0 aromatic carbocycles. The molecule has 2 aromatic heterocycles. The Labute approximate surface area is 142 Å². The molecule has 0 atom stereocenters. The summed E-state index contributed by atoms with van der Waals surface area (Å²) in [6, 6.07) is 1.89. The fourth-order valence-electron chi connectivity index (χ4n) is 2.49. The van der Waals surface area contributed by atoms with Crippen molar-refractivity contribution in [2.45, 2.75) is 18.0 Å². The average Bonchev–Trinajstić information content (AvgIpc) is 2.51. The summed E-state index contributed by atoms with van der Waals surface area (Å²) in [5.41, 5.74) is 2.51. The molecule has 0 saturated heterocycles. The molecule has 2 heterocycles. The lowest BCUT2D eigenvalue weighted by Crippen LogP contribution is -2.22. The summed E-state index contributed by atoms with van der Waals surface area (Å²) >= 11 is 14.2. The monoisotopic (exact) mass is 352 g/mol. The van der Waals surface area contributed by atoms with Crippen LogP contribution >= 0.6 is 35.0 Å². The minimum atomic E-state index is 0.333. The Morgan fingerprint density at radius 2 is 2.14 bits per heavy atom. The summed E-state index contributed by atoms with van der Waals surface area (Å²) in [7, 11) is 1.82. The quantitative estimate of drug-likeness (QED) is 0.655. The molecule has 1 aliphatic carbocycles. The number of aryl methyl sites for hydroxylation is 1. The first-order valence-electron chi connectivity index (χ1n) is 6.73. The van der Waals surface area contributed by atoms with Crippen LogP contribution in [0.25, 0.3) is 16.6 Å². The van der Waals surface area contributed by atoms with Gasteiger partial charge in [-0.15, -0.1) is 0 Å². The van der Waals surface area contributed by atoms with Gasteiger partial charge in [0.25, 0.3) is 0 Å². The molecule has 0 saturated carbocycles. The highest BCUT2D eigenvalue weighted by molar-refractivity contribution is 7.98. The molecule has 114 valence electrons. The largest absolute Gasteiger partial charge is 0.313 e. The molecule has 2 aromatic rings. The van der Waals surface area contributed by atoms with Crippen molar-refractivity contribution in [2.24, 2.45) is 7.05 Å². The van der Waals surface area contributed by atoms with Crippen molar-refractivity contribution in [3.05, 3.63) is 39.5 Å². The van der Waals surface area contributed by atoms with E-state index >= 15 is 0 Å². The predicted molar refractivity (Wildman–Crippen MR) is 92.1 cm³/mol. The van der Waals surface area contributed by atoms with E-state index in [2.05, 4.69) is 9.97 Å². The van der Waals surface area contributed by atoms with Gasteiger partial charge in [-0.2, -0.15) is 0 Å². The normalized spacial score (nSPS) is 15.4. The van der Waals surface area contributed by atoms with Gasteiger partial charge in [0.2, 0.25) is 0 Å². The highest BCUT2D eigenvalue weighted by atomic mass is 35.5. The van der Waals surface area contributed by atoms with Crippen molar-refractivity contribution >= 4 is 51.6 Å². The third-order valence-electron chi connectivity index (χ3n) is 3.63. The number of rotatable bonds is 2. The van der Waals surface area contributed by atoms with Crippen LogP contribution in [-0.2, 0) is 7.05 Å². The third kappa shape index (κ3) is 2.57. The molecule has 0 spiro atoms. The molecular formula is C15H14Cl2N4S. The van der Waals surface area contributed by atoms with E-state index in [1.165, 1.54) is 11.8 Å². The topological polar surface area (TPSA) is 54.6 Å². The number of allylic oxidation sites excluding steroid dienone is 4. The van der Waals surface area contributed by atoms with Gasteiger partial charge in [-0.05, 0) is 25.2 Å². The Morgan fingerprint density at radius 1 is 1.36 bits per heavy atom. The van der Waals surface area contributed by atoms with Gasteiger partial charge in [-0.1, -0.05) is 41.0 Å². The highest BCUT2D eigenvalue weighted by Gasteiger charge is 2.19. The van der Waals surface area contributed by atoms with Crippen LogP contribution in [0.1, 0.15) is 18.4 Å². The maximum atomic E-state index is 8.44. The highest BCUT2D eigenvalue weighted by Crippen LogP contribution is 2.36. The number of hydrogen-bond donors (Lipinski definition) is 1. The number of hydrogen-bond acceptors (Lipinski definition) is 4. The molecule has 22 heavy (non-hydrogen) atoms. The molecule has 1 N–H and O–H groups in total. The van der Waals surface area contributed by atoms with Gasteiger partial charge in [0.15, 0.2) is 5.16 Å². The molecule has 0 bridgehead atoms. The number of halogens is 2. The smallest absolute Gasteiger partial charge is 0.189 e. The molecule has 0 fully saturated rings. The van der Waals surface area contributed by atoms with Crippen LogP contribution in [0, 0.1) is 5.41 Å². The van der Waals surface area contributed by atoms with Crippen LogP contribution < -0.4 is 5.49 Å². The lowest BCUT2D eigenvalue weighted by molar-refractivity contribution is 0.819. The first-order chi connectivity index (χ1) is 10.5. The van der Waals surface area contributed by atoms with Crippen molar-refractivity contribution in [2.75, 3.05) is 6.26 Å². The number of pyridine rings is 1. The molecular weight excluding hydrogens is 339 g/mol. The first kappa shape index (κ1) is 15.6. The first-order valence-corrected chi connectivity index (χ1v) is 8.71. The predicted octanol–water partition coefficient (Wildman–Crippen LogP) is 4.04. The van der Waals surface area contributed by atoms with E-state index in [-0.39, 0.29) is 0 Å². The van der Waals surface area contributed by atoms with E-state index in [4.69, 9.17) is 28.6 Å². The second kappa shape index (κ2) is 6.07. The molecule has 0 aliphatic heterocycles. The average molecular weight is 353 g/mol. The second-order valence-electron chi connectivity index (χ2n) is 4.97. The van der Waals surface area contributed by atoms with E-state index < -0.39 is 0 Å². The van der Waals surface area contributed by atoms with Gasteiger partial charge in [0.05, 0.1) is 0 Å². The molecule has 3 rings (SSSR count). The van der Waals surface area contributed by atoms with E-state index in [0.29, 0.717) is 26.3 Å². The van der Waals surface area contributed by atoms with Gasteiger partial charge in [0, 0.05) is 39.8 Å². The van der Waals surface area contributed by atoms with Crippen molar-refractivity contribution in [3.8, 4) is 0 Å². The number of fused-ring (bicyclic) bond motifs is 1. The zero-order chi connectivity index (χ0) is 15.9. The van der Waals surface area contributed by atoms with Gasteiger partial charge in [-0.25, -0.2) is 9.97 Å². The van der Waals surface area contributed by atoms with Gasteiger partial charge in [0.1, 0.15) is 11.1 Å². The lowest BCUT2D eigenvalue weighted by Gasteiger charge is -2.17. The van der Waals surface area contributed by atoms with Gasteiger partial charge < -0.3 is 4.57 Å². The van der Waals surface area contributed by atoms with Gasteiger partial charge in [-0.3, -0.25) is 5.41 Å². The Morgan fingerprint density at radius 3 is 2.82 bits per heavy atom. The maximum absolute atomic E-state index is 8.44. The Hall–Kier alpha value is -1.30. The third-order valence-corrected chi connectivity index (χ3v) is 4.91. The van der Waals surface area contributed by atoms with Gasteiger partial charge >= 0.3 is 0 Å². The van der Waals surface area contributed by atoms with Crippen molar-refractivity contribution < 1.29 is 0 Å². The minimum Gasteiger partial charge on any atom is -0.313 e. The zero-order valence-electron chi connectivity index (χ0n) is 12.2. The Kier molecular flexibility index (Phi) is 4.30. The number of thioether (sulfide) groups is 1. The molecule has 0 radical (unpaired) electrons. The van der Waals surface area contributed by atoms with Crippen molar-refractivity contribution in [1.29, 1.82) is 5.41 Å². The number of nitrogens with zero attached hydrogens (tertiary/aromatic N) is 3.